The Morgan fingerprint density at radius 2 is 1.92 bits per heavy atom. The van der Waals surface area contributed by atoms with Gasteiger partial charge in [0.1, 0.15) is 11.2 Å². The summed E-state index contributed by atoms with van der Waals surface area (Å²) in [5, 5.41) is 10.0. The van der Waals surface area contributed by atoms with Gasteiger partial charge in [0.15, 0.2) is 0 Å². The Hall–Kier alpha value is -1.66. The van der Waals surface area contributed by atoms with Crippen LogP contribution in [0, 0.1) is 17.2 Å². The van der Waals surface area contributed by atoms with Crippen molar-refractivity contribution >= 4 is 23.5 Å². The Labute approximate surface area is 156 Å². The molecule has 26 heavy (non-hydrogen) atoms. The van der Waals surface area contributed by atoms with Crippen LogP contribution in [-0.2, 0) is 4.79 Å². The Balaban J connectivity index is 1.57. The van der Waals surface area contributed by atoms with Crippen molar-refractivity contribution in [2.75, 3.05) is 26.2 Å². The summed E-state index contributed by atoms with van der Waals surface area (Å²) in [6.45, 7) is 1.59. The van der Waals surface area contributed by atoms with E-state index in [2.05, 4.69) is 4.90 Å². The van der Waals surface area contributed by atoms with E-state index in [0.29, 0.717) is 25.7 Å². The van der Waals surface area contributed by atoms with Gasteiger partial charge in [-0.3, -0.25) is 14.5 Å². The Morgan fingerprint density at radius 1 is 1.19 bits per heavy atom. The molecular weight excluding hydrogens is 359 g/mol. The van der Waals surface area contributed by atoms with Crippen molar-refractivity contribution in [3.05, 3.63) is 34.6 Å². The molecule has 2 saturated heterocycles. The first kappa shape index (κ1) is 17.7. The summed E-state index contributed by atoms with van der Waals surface area (Å²) in [4.78, 5) is 28.7. The fourth-order valence-electron chi connectivity index (χ4n) is 4.97. The van der Waals surface area contributed by atoms with Gasteiger partial charge in [-0.05, 0) is 25.0 Å². The molecule has 140 valence electrons. The van der Waals surface area contributed by atoms with E-state index in [1.165, 1.54) is 35.9 Å². The van der Waals surface area contributed by atoms with Crippen LogP contribution < -0.4 is 0 Å². The highest BCUT2D eigenvalue weighted by atomic mass is 35.5. The van der Waals surface area contributed by atoms with Crippen molar-refractivity contribution in [2.24, 2.45) is 11.3 Å². The van der Waals surface area contributed by atoms with Gasteiger partial charge in [-0.15, -0.1) is 0 Å². The predicted octanol–water partition coefficient (Wildman–Crippen LogP) is 2.88. The van der Waals surface area contributed by atoms with Crippen LogP contribution in [0.3, 0.4) is 0 Å². The van der Waals surface area contributed by atoms with Gasteiger partial charge < -0.3 is 10.0 Å². The standard InChI is InChI=1S/C19H22ClFN2O3/c20-14-6-3-7-15(21)16(14)17(24)23-9-12-8-22(13-4-1-2-5-13)10-19(12,11-23)18(25)26/h3,6-7,12-13H,1-2,4-5,8-11H2,(H,25,26)/t12-,19-/m1/s1. The highest BCUT2D eigenvalue weighted by molar-refractivity contribution is 6.33. The van der Waals surface area contributed by atoms with Gasteiger partial charge in [-0.2, -0.15) is 0 Å². The van der Waals surface area contributed by atoms with E-state index < -0.39 is 23.1 Å². The number of carboxylic acid groups (broad SMARTS) is 1. The van der Waals surface area contributed by atoms with Gasteiger partial charge in [0.2, 0.25) is 0 Å². The number of halogens is 2. The molecule has 1 saturated carbocycles. The average molecular weight is 381 g/mol. The molecular formula is C19H22ClFN2O3. The molecule has 7 heteroatoms. The van der Waals surface area contributed by atoms with Crippen LogP contribution in [0.2, 0.25) is 5.02 Å². The highest BCUT2D eigenvalue weighted by Crippen LogP contribution is 2.45. The number of rotatable bonds is 3. The fraction of sp³-hybridized carbons (Fsp3) is 0.579. The maximum atomic E-state index is 14.1. The summed E-state index contributed by atoms with van der Waals surface area (Å²) < 4.78 is 14.1. The molecule has 2 atom stereocenters. The third-order valence-electron chi connectivity index (χ3n) is 6.37. The third kappa shape index (κ3) is 2.70. The quantitative estimate of drug-likeness (QED) is 0.875. The molecule has 5 nitrogen and oxygen atoms in total. The number of amides is 1. The van der Waals surface area contributed by atoms with Crippen LogP contribution in [-0.4, -0.2) is 59.0 Å². The zero-order valence-electron chi connectivity index (χ0n) is 14.5. The molecule has 0 spiro atoms. The minimum absolute atomic E-state index is 0.0593. The summed E-state index contributed by atoms with van der Waals surface area (Å²) in [5.41, 5.74) is -1.13. The average Bonchev–Trinajstić information content (AvgIpc) is 3.28. The van der Waals surface area contributed by atoms with Crippen molar-refractivity contribution in [1.29, 1.82) is 0 Å². The third-order valence-corrected chi connectivity index (χ3v) is 6.68. The molecule has 0 aromatic heterocycles. The van der Waals surface area contributed by atoms with E-state index in [1.807, 2.05) is 0 Å². The summed E-state index contributed by atoms with van der Waals surface area (Å²) in [6, 6.07) is 4.58. The number of carboxylic acids is 1. The highest BCUT2D eigenvalue weighted by Gasteiger charge is 2.59. The summed E-state index contributed by atoms with van der Waals surface area (Å²) >= 11 is 6.02. The van der Waals surface area contributed by atoms with Crippen molar-refractivity contribution in [2.45, 2.75) is 31.7 Å². The molecule has 1 N–H and O–H groups in total. The summed E-state index contributed by atoms with van der Waals surface area (Å²) in [5.74, 6) is -2.18. The first-order valence-electron chi connectivity index (χ1n) is 9.13. The molecule has 1 aromatic rings. The second-order valence-corrected chi connectivity index (χ2v) is 8.22. The van der Waals surface area contributed by atoms with Crippen LogP contribution in [0.25, 0.3) is 0 Å². The molecule has 3 aliphatic rings. The molecule has 1 aromatic carbocycles. The predicted molar refractivity (Wildman–Crippen MR) is 94.7 cm³/mol. The Kier molecular flexibility index (Phi) is 4.43. The van der Waals surface area contributed by atoms with E-state index in [4.69, 9.17) is 11.6 Å². The van der Waals surface area contributed by atoms with E-state index >= 15 is 0 Å². The van der Waals surface area contributed by atoms with E-state index in [-0.39, 0.29) is 23.0 Å². The zero-order valence-corrected chi connectivity index (χ0v) is 15.2. The van der Waals surface area contributed by atoms with E-state index in [0.717, 1.165) is 12.8 Å². The van der Waals surface area contributed by atoms with Crippen LogP contribution in [0.1, 0.15) is 36.0 Å². The molecule has 1 aliphatic carbocycles. The number of hydrogen-bond acceptors (Lipinski definition) is 3. The SMILES string of the molecule is O=C(c1c(F)cccc1Cl)N1C[C@H]2CN(C3CCCC3)C[C@@]2(C(=O)O)C1. The van der Waals surface area contributed by atoms with E-state index in [1.54, 1.807) is 0 Å². The molecule has 2 heterocycles. The van der Waals surface area contributed by atoms with Gasteiger partial charge in [0, 0.05) is 38.1 Å². The molecule has 3 fully saturated rings. The second-order valence-electron chi connectivity index (χ2n) is 7.81. The van der Waals surface area contributed by atoms with Crippen LogP contribution in [0.5, 0.6) is 0 Å². The maximum absolute atomic E-state index is 14.1. The minimum Gasteiger partial charge on any atom is -0.481 e. The van der Waals surface area contributed by atoms with Gasteiger partial charge in [-0.1, -0.05) is 30.5 Å². The summed E-state index contributed by atoms with van der Waals surface area (Å²) in [7, 11) is 0. The number of hydrogen-bond donors (Lipinski definition) is 1. The summed E-state index contributed by atoms with van der Waals surface area (Å²) in [6.07, 6.45) is 4.64. The lowest BCUT2D eigenvalue weighted by Crippen LogP contribution is -2.43. The number of aliphatic carboxylic acids is 1. The molecule has 0 radical (unpaired) electrons. The maximum Gasteiger partial charge on any atom is 0.313 e. The minimum atomic E-state index is -0.962. The Morgan fingerprint density at radius 3 is 2.54 bits per heavy atom. The lowest BCUT2D eigenvalue weighted by Gasteiger charge is -2.29. The normalized spacial score (nSPS) is 29.3. The van der Waals surface area contributed by atoms with Crippen LogP contribution in [0.4, 0.5) is 4.39 Å². The van der Waals surface area contributed by atoms with Gasteiger partial charge >= 0.3 is 5.97 Å². The molecule has 2 aliphatic heterocycles. The van der Waals surface area contributed by atoms with Crippen molar-refractivity contribution in [3.63, 3.8) is 0 Å². The van der Waals surface area contributed by atoms with Gasteiger partial charge in [-0.25, -0.2) is 4.39 Å². The second kappa shape index (κ2) is 6.50. The number of carbonyl (C=O) groups is 2. The first-order chi connectivity index (χ1) is 12.4. The monoisotopic (exact) mass is 380 g/mol. The fourth-order valence-corrected chi connectivity index (χ4v) is 5.21. The van der Waals surface area contributed by atoms with E-state index in [9.17, 15) is 19.1 Å². The van der Waals surface area contributed by atoms with Crippen LogP contribution in [0.15, 0.2) is 18.2 Å². The van der Waals surface area contributed by atoms with Gasteiger partial charge in [0.05, 0.1) is 10.6 Å². The Bertz CT molecular complexity index is 732. The largest absolute Gasteiger partial charge is 0.481 e. The van der Waals surface area contributed by atoms with Crippen LogP contribution >= 0.6 is 11.6 Å². The smallest absolute Gasteiger partial charge is 0.313 e. The topological polar surface area (TPSA) is 60.9 Å². The lowest BCUT2D eigenvalue weighted by molar-refractivity contribution is -0.148. The number of fused-ring (bicyclic) bond motifs is 1. The molecule has 4 rings (SSSR count). The number of nitrogens with zero attached hydrogens (tertiary/aromatic N) is 2. The lowest BCUT2D eigenvalue weighted by atomic mass is 9.81. The molecule has 1 amide bonds. The molecule has 0 bridgehead atoms. The number of carbonyl (C=O) groups excluding carboxylic acids is 1. The number of likely N-dealkylation sites (tertiary alicyclic amines) is 2. The van der Waals surface area contributed by atoms with Gasteiger partial charge in [0.25, 0.3) is 5.91 Å². The van der Waals surface area contributed by atoms with Crippen molar-refractivity contribution < 1.29 is 19.1 Å². The van der Waals surface area contributed by atoms with Crippen molar-refractivity contribution in [3.8, 4) is 0 Å². The zero-order chi connectivity index (χ0) is 18.5. The first-order valence-corrected chi connectivity index (χ1v) is 9.51. The number of benzene rings is 1. The van der Waals surface area contributed by atoms with Crippen molar-refractivity contribution in [1.82, 2.24) is 9.80 Å². The molecule has 0 unspecified atom stereocenters.